The SMILES string of the molecule is CCCn1nnc(CNC)c1-c1ccnn1C. The van der Waals surface area contributed by atoms with Gasteiger partial charge >= 0.3 is 0 Å². The summed E-state index contributed by atoms with van der Waals surface area (Å²) in [6.45, 7) is 3.72. The molecule has 0 saturated carbocycles. The molecular weight excluding hydrogens is 216 g/mol. The molecule has 0 saturated heterocycles. The lowest BCUT2D eigenvalue weighted by molar-refractivity contribution is 0.580. The van der Waals surface area contributed by atoms with E-state index in [4.69, 9.17) is 0 Å². The van der Waals surface area contributed by atoms with Crippen LogP contribution in [0.5, 0.6) is 0 Å². The maximum absolute atomic E-state index is 4.23. The van der Waals surface area contributed by atoms with Crippen molar-refractivity contribution in [2.45, 2.75) is 26.4 Å². The van der Waals surface area contributed by atoms with Gasteiger partial charge in [-0.1, -0.05) is 12.1 Å². The first-order chi connectivity index (χ1) is 8.27. The summed E-state index contributed by atoms with van der Waals surface area (Å²) in [5.41, 5.74) is 3.07. The third kappa shape index (κ3) is 2.21. The van der Waals surface area contributed by atoms with Gasteiger partial charge in [0.1, 0.15) is 11.4 Å². The van der Waals surface area contributed by atoms with Crippen LogP contribution in [0.1, 0.15) is 19.0 Å². The lowest BCUT2D eigenvalue weighted by atomic mass is 10.2. The number of aryl methyl sites for hydroxylation is 2. The maximum Gasteiger partial charge on any atom is 0.111 e. The summed E-state index contributed by atoms with van der Waals surface area (Å²) in [5, 5.41) is 15.8. The summed E-state index contributed by atoms with van der Waals surface area (Å²) >= 11 is 0. The summed E-state index contributed by atoms with van der Waals surface area (Å²) in [5.74, 6) is 0. The first-order valence-electron chi connectivity index (χ1n) is 5.83. The Labute approximate surface area is 101 Å². The molecule has 1 N–H and O–H groups in total. The largest absolute Gasteiger partial charge is 0.314 e. The second kappa shape index (κ2) is 5.09. The molecule has 0 fully saturated rings. The van der Waals surface area contributed by atoms with E-state index in [2.05, 4.69) is 27.7 Å². The summed E-state index contributed by atoms with van der Waals surface area (Å²) < 4.78 is 3.80. The number of rotatable bonds is 5. The van der Waals surface area contributed by atoms with Crippen molar-refractivity contribution in [1.29, 1.82) is 0 Å². The first-order valence-corrected chi connectivity index (χ1v) is 5.83. The molecule has 92 valence electrons. The summed E-state index contributed by atoms with van der Waals surface area (Å²) in [7, 11) is 3.84. The van der Waals surface area contributed by atoms with Crippen molar-refractivity contribution in [2.75, 3.05) is 7.05 Å². The van der Waals surface area contributed by atoms with E-state index >= 15 is 0 Å². The van der Waals surface area contributed by atoms with Crippen molar-refractivity contribution in [1.82, 2.24) is 30.1 Å². The van der Waals surface area contributed by atoms with Crippen LogP contribution in [-0.2, 0) is 20.1 Å². The second-order valence-corrected chi connectivity index (χ2v) is 3.98. The van der Waals surface area contributed by atoms with E-state index in [9.17, 15) is 0 Å². The van der Waals surface area contributed by atoms with Gasteiger partial charge in [-0.2, -0.15) is 5.10 Å². The van der Waals surface area contributed by atoms with Gasteiger partial charge in [-0.25, -0.2) is 4.68 Å². The molecule has 2 heterocycles. The Balaban J connectivity index is 2.48. The van der Waals surface area contributed by atoms with E-state index in [0.29, 0.717) is 6.54 Å². The molecule has 0 aromatic carbocycles. The van der Waals surface area contributed by atoms with Crippen molar-refractivity contribution in [3.63, 3.8) is 0 Å². The van der Waals surface area contributed by atoms with Gasteiger partial charge in [-0.05, 0) is 19.5 Å². The van der Waals surface area contributed by atoms with Gasteiger partial charge in [-0.15, -0.1) is 5.10 Å². The molecule has 17 heavy (non-hydrogen) atoms. The Hall–Kier alpha value is -1.69. The molecule has 0 bridgehead atoms. The van der Waals surface area contributed by atoms with Crippen molar-refractivity contribution in [3.05, 3.63) is 18.0 Å². The van der Waals surface area contributed by atoms with E-state index in [0.717, 1.165) is 30.0 Å². The average Bonchev–Trinajstić information content (AvgIpc) is 2.87. The summed E-state index contributed by atoms with van der Waals surface area (Å²) in [6, 6.07) is 1.99. The van der Waals surface area contributed by atoms with Crippen molar-refractivity contribution < 1.29 is 0 Å². The number of nitrogens with zero attached hydrogens (tertiary/aromatic N) is 5. The molecule has 0 amide bonds. The predicted molar refractivity (Wildman–Crippen MR) is 65.3 cm³/mol. The topological polar surface area (TPSA) is 60.6 Å². The minimum Gasteiger partial charge on any atom is -0.314 e. The monoisotopic (exact) mass is 234 g/mol. The molecule has 0 aliphatic carbocycles. The highest BCUT2D eigenvalue weighted by Gasteiger charge is 2.16. The molecule has 6 heteroatoms. The highest BCUT2D eigenvalue weighted by molar-refractivity contribution is 5.57. The van der Waals surface area contributed by atoms with E-state index in [1.807, 2.05) is 29.5 Å². The first kappa shape index (κ1) is 11.8. The average molecular weight is 234 g/mol. The van der Waals surface area contributed by atoms with Crippen LogP contribution in [-0.4, -0.2) is 31.8 Å². The Kier molecular flexibility index (Phi) is 3.53. The molecule has 0 unspecified atom stereocenters. The van der Waals surface area contributed by atoms with Crippen LogP contribution in [0.4, 0.5) is 0 Å². The molecule has 0 atom stereocenters. The van der Waals surface area contributed by atoms with Crippen LogP contribution < -0.4 is 5.32 Å². The minimum atomic E-state index is 0.713. The van der Waals surface area contributed by atoms with E-state index in [1.54, 1.807) is 6.20 Å². The summed E-state index contributed by atoms with van der Waals surface area (Å²) in [4.78, 5) is 0. The molecule has 6 nitrogen and oxygen atoms in total. The van der Waals surface area contributed by atoms with Gasteiger partial charge < -0.3 is 5.32 Å². The number of hydrogen-bond acceptors (Lipinski definition) is 4. The Morgan fingerprint density at radius 2 is 2.24 bits per heavy atom. The normalized spacial score (nSPS) is 11.0. The molecular formula is C11H18N6. The van der Waals surface area contributed by atoms with Crippen LogP contribution in [0.15, 0.2) is 12.3 Å². The van der Waals surface area contributed by atoms with Gasteiger partial charge in [0.05, 0.1) is 5.69 Å². The fraction of sp³-hybridized carbons (Fsp3) is 0.545. The van der Waals surface area contributed by atoms with Crippen LogP contribution in [0, 0.1) is 0 Å². The number of nitrogens with one attached hydrogen (secondary N) is 1. The van der Waals surface area contributed by atoms with Gasteiger partial charge in [0.15, 0.2) is 0 Å². The quantitative estimate of drug-likeness (QED) is 0.831. The maximum atomic E-state index is 4.23. The van der Waals surface area contributed by atoms with Crippen molar-refractivity contribution in [2.24, 2.45) is 7.05 Å². The second-order valence-electron chi connectivity index (χ2n) is 3.98. The van der Waals surface area contributed by atoms with Gasteiger partial charge in [0.2, 0.25) is 0 Å². The molecule has 0 aliphatic rings. The molecule has 0 aliphatic heterocycles. The third-order valence-electron chi connectivity index (χ3n) is 2.65. The van der Waals surface area contributed by atoms with Crippen LogP contribution in [0.2, 0.25) is 0 Å². The van der Waals surface area contributed by atoms with Crippen LogP contribution in [0.25, 0.3) is 11.4 Å². The molecule has 0 spiro atoms. The molecule has 2 aromatic heterocycles. The van der Waals surface area contributed by atoms with E-state index < -0.39 is 0 Å². The van der Waals surface area contributed by atoms with Crippen molar-refractivity contribution >= 4 is 0 Å². The predicted octanol–water partition coefficient (Wildman–Crippen LogP) is 0.808. The summed E-state index contributed by atoms with van der Waals surface area (Å²) in [6.07, 6.45) is 2.83. The van der Waals surface area contributed by atoms with Gasteiger partial charge in [0, 0.05) is 26.3 Å². The van der Waals surface area contributed by atoms with Crippen LogP contribution in [0.3, 0.4) is 0 Å². The zero-order chi connectivity index (χ0) is 12.3. The lowest BCUT2D eigenvalue weighted by Crippen LogP contribution is -2.09. The molecule has 0 radical (unpaired) electrons. The van der Waals surface area contributed by atoms with Crippen LogP contribution >= 0.6 is 0 Å². The molecule has 2 aromatic rings. The van der Waals surface area contributed by atoms with Gasteiger partial charge in [0.25, 0.3) is 0 Å². The Morgan fingerprint density at radius 1 is 1.41 bits per heavy atom. The Morgan fingerprint density at radius 3 is 2.82 bits per heavy atom. The zero-order valence-electron chi connectivity index (χ0n) is 10.5. The van der Waals surface area contributed by atoms with Gasteiger partial charge in [-0.3, -0.25) is 4.68 Å². The van der Waals surface area contributed by atoms with Crippen molar-refractivity contribution in [3.8, 4) is 11.4 Å². The fourth-order valence-corrected chi connectivity index (χ4v) is 1.89. The zero-order valence-corrected chi connectivity index (χ0v) is 10.5. The lowest BCUT2D eigenvalue weighted by Gasteiger charge is -2.07. The smallest absolute Gasteiger partial charge is 0.111 e. The standard InChI is InChI=1S/C11H18N6/c1-4-7-17-11(9(8-12-2)14-15-17)10-5-6-13-16(10)3/h5-6,12H,4,7-8H2,1-3H3. The Bertz CT molecular complexity index is 460. The number of hydrogen-bond donors (Lipinski definition) is 1. The van der Waals surface area contributed by atoms with E-state index in [-0.39, 0.29) is 0 Å². The highest BCUT2D eigenvalue weighted by Crippen LogP contribution is 2.21. The molecule has 2 rings (SSSR count). The highest BCUT2D eigenvalue weighted by atomic mass is 15.4. The fourth-order valence-electron chi connectivity index (χ4n) is 1.89. The van der Waals surface area contributed by atoms with E-state index in [1.165, 1.54) is 0 Å². The number of aromatic nitrogens is 5. The minimum absolute atomic E-state index is 0.713. The third-order valence-corrected chi connectivity index (χ3v) is 2.65.